The van der Waals surface area contributed by atoms with Gasteiger partial charge in [-0.1, -0.05) is 105 Å². The van der Waals surface area contributed by atoms with Crippen LogP contribution in [0, 0.1) is 0 Å². The van der Waals surface area contributed by atoms with E-state index in [1.807, 2.05) is 0 Å². The Labute approximate surface area is 264 Å². The monoisotopic (exact) mass is 602 g/mol. The van der Waals surface area contributed by atoms with Crippen molar-refractivity contribution in [2.24, 2.45) is 9.98 Å². The predicted octanol–water partition coefficient (Wildman–Crippen LogP) is 12.3. The van der Waals surface area contributed by atoms with Gasteiger partial charge in [0.1, 0.15) is 0 Å². The summed E-state index contributed by atoms with van der Waals surface area (Å²) < 4.78 is 0. The molecule has 0 aliphatic carbocycles. The second-order valence-corrected chi connectivity index (χ2v) is 11.8. The van der Waals surface area contributed by atoms with E-state index in [-0.39, 0.29) is 16.5 Å². The molecule has 0 aliphatic heterocycles. The molecule has 0 aromatic heterocycles. The maximum absolute atomic E-state index is 5.26. The van der Waals surface area contributed by atoms with Crippen LogP contribution in [0.25, 0.3) is 0 Å². The number of rotatable bonds is 22. The average molecular weight is 604 g/mol. The van der Waals surface area contributed by atoms with Crippen molar-refractivity contribution < 1.29 is 16.5 Å². The molecule has 232 valence electrons. The molecule has 2 aromatic carbocycles. The van der Waals surface area contributed by atoms with E-state index in [4.69, 9.17) is 9.98 Å². The molecule has 0 N–H and O–H groups in total. The Kier molecular flexibility index (Phi) is 21.6. The average Bonchev–Trinajstić information content (AvgIpc) is 2.96. The number of hydrogen-bond donors (Lipinski definition) is 0. The molecular formula is C38H60N2Ni. The van der Waals surface area contributed by atoms with Crippen LogP contribution in [0.1, 0.15) is 153 Å². The van der Waals surface area contributed by atoms with Gasteiger partial charge in [-0.3, -0.25) is 9.98 Å². The molecule has 0 radical (unpaired) electrons. The first kappa shape index (κ1) is 37.3. The fraction of sp³-hybridized carbons (Fsp3) is 0.632. The number of hydrogen-bond acceptors (Lipinski definition) is 2. The third-order valence-corrected chi connectivity index (χ3v) is 7.77. The molecular weight excluding hydrogens is 543 g/mol. The molecule has 0 unspecified atom stereocenters. The van der Waals surface area contributed by atoms with Gasteiger partial charge in [-0.15, -0.1) is 0 Å². The second-order valence-electron chi connectivity index (χ2n) is 11.8. The number of aliphatic imine (C=N–C) groups is 2. The van der Waals surface area contributed by atoms with Gasteiger partial charge in [0.15, 0.2) is 0 Å². The van der Waals surface area contributed by atoms with Crippen LogP contribution in [0.2, 0.25) is 0 Å². The number of aryl methyl sites for hydroxylation is 4. The van der Waals surface area contributed by atoms with E-state index in [1.165, 1.54) is 112 Å². The summed E-state index contributed by atoms with van der Waals surface area (Å²) in [4.78, 5) is 10.3. The van der Waals surface area contributed by atoms with Gasteiger partial charge in [0.2, 0.25) is 0 Å². The van der Waals surface area contributed by atoms with Gasteiger partial charge in [0.05, 0.1) is 17.1 Å². The largest absolute Gasteiger partial charge is 0.255 e. The second kappa shape index (κ2) is 23.8. The number of benzene rings is 2. The Bertz CT molecular complexity index is 953. The molecule has 0 saturated carbocycles. The first-order valence-corrected chi connectivity index (χ1v) is 17.0. The standard InChI is InChI=1S/C38H60N2.Ni/c1-6-11-16-19-24-36(31-39-37-27-32(20-14-9-4)25-33(28-37)21-15-10-5)40-38-29-34(22-17-12-7-2)26-35(30-38)23-18-13-8-3;/h25-31H,6-24H2,1-5H3;/b39-31+,40-36+;. The Morgan fingerprint density at radius 1 is 0.488 bits per heavy atom. The minimum Gasteiger partial charge on any atom is -0.255 e. The van der Waals surface area contributed by atoms with Crippen molar-refractivity contribution in [1.29, 1.82) is 0 Å². The molecule has 2 aromatic rings. The van der Waals surface area contributed by atoms with Crippen molar-refractivity contribution in [3.05, 3.63) is 58.7 Å². The zero-order valence-electron chi connectivity index (χ0n) is 27.2. The minimum absolute atomic E-state index is 0. The zero-order valence-corrected chi connectivity index (χ0v) is 28.2. The summed E-state index contributed by atoms with van der Waals surface area (Å²) >= 11 is 0. The van der Waals surface area contributed by atoms with Crippen LogP contribution in [0.5, 0.6) is 0 Å². The molecule has 41 heavy (non-hydrogen) atoms. The fourth-order valence-electron chi connectivity index (χ4n) is 5.32. The Balaban J connectivity index is 0.00000840. The Hall–Kier alpha value is -1.73. The van der Waals surface area contributed by atoms with Crippen molar-refractivity contribution in [2.45, 2.75) is 157 Å². The topological polar surface area (TPSA) is 24.7 Å². The fourth-order valence-corrected chi connectivity index (χ4v) is 5.32. The normalized spacial score (nSPS) is 11.8. The van der Waals surface area contributed by atoms with Crippen molar-refractivity contribution in [3.63, 3.8) is 0 Å². The molecule has 0 saturated heterocycles. The zero-order chi connectivity index (χ0) is 28.8. The first-order chi connectivity index (χ1) is 19.6. The summed E-state index contributed by atoms with van der Waals surface area (Å²) in [6.45, 7) is 11.4. The van der Waals surface area contributed by atoms with Crippen LogP contribution in [0.4, 0.5) is 11.4 Å². The molecule has 0 amide bonds. The summed E-state index contributed by atoms with van der Waals surface area (Å²) in [5, 5.41) is 0. The van der Waals surface area contributed by atoms with Crippen LogP contribution in [-0.4, -0.2) is 11.9 Å². The molecule has 3 heteroatoms. The van der Waals surface area contributed by atoms with Crippen LogP contribution >= 0.6 is 0 Å². The van der Waals surface area contributed by atoms with E-state index in [0.29, 0.717) is 0 Å². The molecule has 2 nitrogen and oxygen atoms in total. The van der Waals surface area contributed by atoms with E-state index in [1.54, 1.807) is 0 Å². The predicted molar refractivity (Wildman–Crippen MR) is 181 cm³/mol. The SMILES string of the molecule is CCCCCCC(/C=N/c1cc(CCCC)cc(CCCC)c1)=N\c1cc(CCCCC)cc(CCCCC)c1.[Ni]. The number of unbranched alkanes of at least 4 members (excludes halogenated alkanes) is 9. The van der Waals surface area contributed by atoms with E-state index in [0.717, 1.165) is 49.2 Å². The third-order valence-electron chi connectivity index (χ3n) is 7.77. The smallest absolute Gasteiger partial charge is 0.0639 e. The van der Waals surface area contributed by atoms with E-state index < -0.39 is 0 Å². The van der Waals surface area contributed by atoms with Gasteiger partial charge in [0.25, 0.3) is 0 Å². The molecule has 0 bridgehead atoms. The number of nitrogens with zero attached hydrogens (tertiary/aromatic N) is 2. The van der Waals surface area contributed by atoms with Crippen molar-refractivity contribution in [3.8, 4) is 0 Å². The summed E-state index contributed by atoms with van der Waals surface area (Å²) in [5.74, 6) is 0. The van der Waals surface area contributed by atoms with Crippen LogP contribution < -0.4 is 0 Å². The summed E-state index contributed by atoms with van der Waals surface area (Å²) in [6.07, 6.45) is 25.2. The van der Waals surface area contributed by atoms with Crippen LogP contribution in [-0.2, 0) is 42.2 Å². The van der Waals surface area contributed by atoms with Crippen LogP contribution in [0.15, 0.2) is 46.4 Å². The quantitative estimate of drug-likeness (QED) is 0.0727. The van der Waals surface area contributed by atoms with Crippen molar-refractivity contribution >= 4 is 23.3 Å². The summed E-state index contributed by atoms with van der Waals surface area (Å²) in [7, 11) is 0. The van der Waals surface area contributed by atoms with E-state index in [9.17, 15) is 0 Å². The molecule has 0 fully saturated rings. The molecule has 0 heterocycles. The third kappa shape index (κ3) is 16.5. The van der Waals surface area contributed by atoms with Crippen LogP contribution in [0.3, 0.4) is 0 Å². The van der Waals surface area contributed by atoms with Crippen molar-refractivity contribution in [2.75, 3.05) is 0 Å². The maximum Gasteiger partial charge on any atom is 0.0639 e. The summed E-state index contributed by atoms with van der Waals surface area (Å²) in [5.41, 5.74) is 9.10. The van der Waals surface area contributed by atoms with Gasteiger partial charge in [-0.05, 0) is 111 Å². The molecule has 0 spiro atoms. The molecule has 0 atom stereocenters. The maximum atomic E-state index is 5.26. The summed E-state index contributed by atoms with van der Waals surface area (Å²) in [6, 6.07) is 14.1. The van der Waals surface area contributed by atoms with Crippen molar-refractivity contribution in [1.82, 2.24) is 0 Å². The molecule has 0 aliphatic rings. The minimum atomic E-state index is 0. The van der Waals surface area contributed by atoms with Gasteiger partial charge < -0.3 is 0 Å². The van der Waals surface area contributed by atoms with E-state index in [2.05, 4.69) is 77.2 Å². The Morgan fingerprint density at radius 2 is 0.902 bits per heavy atom. The first-order valence-electron chi connectivity index (χ1n) is 17.0. The van der Waals surface area contributed by atoms with Gasteiger partial charge in [-0.25, -0.2) is 0 Å². The van der Waals surface area contributed by atoms with E-state index >= 15 is 0 Å². The van der Waals surface area contributed by atoms with Gasteiger partial charge in [0, 0.05) is 22.7 Å². The Morgan fingerprint density at radius 3 is 1.37 bits per heavy atom. The molecule has 2 rings (SSSR count). The van der Waals surface area contributed by atoms with Gasteiger partial charge in [-0.2, -0.15) is 0 Å². The van der Waals surface area contributed by atoms with Gasteiger partial charge >= 0.3 is 0 Å².